The average Bonchev–Trinajstić information content (AvgIpc) is 2.39. The van der Waals surface area contributed by atoms with Crippen LogP contribution in [0.1, 0.15) is 24.5 Å². The number of hydrogen-bond donors (Lipinski definition) is 2. The molecule has 1 aliphatic carbocycles. The van der Waals surface area contributed by atoms with Crippen molar-refractivity contribution >= 4 is 0 Å². The molecule has 0 heterocycles. The Morgan fingerprint density at radius 1 is 1.28 bits per heavy atom. The second-order valence-electron chi connectivity index (χ2n) is 4.90. The summed E-state index contributed by atoms with van der Waals surface area (Å²) in [4.78, 5) is 0. The van der Waals surface area contributed by atoms with Gasteiger partial charge in [0.25, 0.3) is 0 Å². The van der Waals surface area contributed by atoms with E-state index in [-0.39, 0.29) is 5.54 Å². The first-order valence-electron chi connectivity index (χ1n) is 6.44. The fourth-order valence-corrected chi connectivity index (χ4v) is 2.59. The molecule has 100 valence electrons. The number of hydrogen-bond acceptors (Lipinski definition) is 4. The minimum absolute atomic E-state index is 0.314. The molecule has 1 aromatic rings. The summed E-state index contributed by atoms with van der Waals surface area (Å²) in [7, 11) is 1.69. The predicted molar refractivity (Wildman–Crippen MR) is 72.2 cm³/mol. The van der Waals surface area contributed by atoms with Gasteiger partial charge in [-0.25, -0.2) is 0 Å². The molecule has 0 saturated carbocycles. The molecule has 1 unspecified atom stereocenters. The number of ether oxygens (including phenoxy) is 2. The Balaban J connectivity index is 2.43. The lowest BCUT2D eigenvalue weighted by Gasteiger charge is -2.35. The lowest BCUT2D eigenvalue weighted by Crippen LogP contribution is -2.51. The molecule has 1 atom stereocenters. The molecular weight excluding hydrogens is 228 g/mol. The molecule has 0 aliphatic heterocycles. The van der Waals surface area contributed by atoms with Crippen molar-refractivity contribution in [1.29, 1.82) is 0 Å². The first-order valence-corrected chi connectivity index (χ1v) is 6.44. The van der Waals surface area contributed by atoms with Crippen molar-refractivity contribution in [3.05, 3.63) is 23.3 Å². The quantitative estimate of drug-likeness (QED) is 0.843. The fourth-order valence-electron chi connectivity index (χ4n) is 2.59. The minimum atomic E-state index is -0.314. The largest absolute Gasteiger partial charge is 0.496 e. The number of rotatable bonds is 4. The van der Waals surface area contributed by atoms with Crippen LogP contribution in [0.2, 0.25) is 0 Å². The van der Waals surface area contributed by atoms with Gasteiger partial charge < -0.3 is 20.9 Å². The molecule has 4 N–H and O–H groups in total. The minimum Gasteiger partial charge on any atom is -0.496 e. The standard InChI is InChI=1S/C14H22N2O2/c1-3-18-13-5-4-12(17-2)11-8-14(16,9-15)7-6-10(11)13/h4-5H,3,6-9,15-16H2,1-2H3. The lowest BCUT2D eigenvalue weighted by molar-refractivity contribution is 0.319. The van der Waals surface area contributed by atoms with Crippen molar-refractivity contribution in [3.63, 3.8) is 0 Å². The van der Waals surface area contributed by atoms with Crippen molar-refractivity contribution in [1.82, 2.24) is 0 Å². The molecule has 0 radical (unpaired) electrons. The molecule has 2 rings (SSSR count). The Morgan fingerprint density at radius 3 is 2.61 bits per heavy atom. The summed E-state index contributed by atoms with van der Waals surface area (Å²) in [5.74, 6) is 1.84. The van der Waals surface area contributed by atoms with Gasteiger partial charge in [-0.15, -0.1) is 0 Å². The topological polar surface area (TPSA) is 70.5 Å². The molecule has 0 spiro atoms. The van der Waals surface area contributed by atoms with E-state index in [1.165, 1.54) is 5.56 Å². The summed E-state index contributed by atoms with van der Waals surface area (Å²) >= 11 is 0. The summed E-state index contributed by atoms with van der Waals surface area (Å²) in [6.45, 7) is 3.16. The normalized spacial score (nSPS) is 22.4. The van der Waals surface area contributed by atoms with Gasteiger partial charge in [0.2, 0.25) is 0 Å². The van der Waals surface area contributed by atoms with Gasteiger partial charge in [-0.05, 0) is 38.3 Å². The van der Waals surface area contributed by atoms with Crippen LogP contribution in [0.5, 0.6) is 11.5 Å². The molecule has 4 heteroatoms. The van der Waals surface area contributed by atoms with E-state index >= 15 is 0 Å². The van der Waals surface area contributed by atoms with Crippen molar-refractivity contribution in [2.24, 2.45) is 11.5 Å². The van der Waals surface area contributed by atoms with Gasteiger partial charge in [-0.2, -0.15) is 0 Å². The number of nitrogens with two attached hydrogens (primary N) is 2. The summed E-state index contributed by atoms with van der Waals surface area (Å²) in [6, 6.07) is 3.93. The number of fused-ring (bicyclic) bond motifs is 1. The van der Waals surface area contributed by atoms with Gasteiger partial charge in [-0.1, -0.05) is 0 Å². The van der Waals surface area contributed by atoms with Crippen molar-refractivity contribution in [3.8, 4) is 11.5 Å². The van der Waals surface area contributed by atoms with Crippen LogP contribution in [0.4, 0.5) is 0 Å². The van der Waals surface area contributed by atoms with Crippen LogP contribution in [0.25, 0.3) is 0 Å². The van der Waals surface area contributed by atoms with E-state index in [4.69, 9.17) is 20.9 Å². The Kier molecular flexibility index (Phi) is 3.78. The smallest absolute Gasteiger partial charge is 0.123 e. The zero-order valence-corrected chi connectivity index (χ0v) is 11.2. The highest BCUT2D eigenvalue weighted by atomic mass is 16.5. The van der Waals surface area contributed by atoms with E-state index in [1.807, 2.05) is 19.1 Å². The van der Waals surface area contributed by atoms with Crippen LogP contribution in [0, 0.1) is 0 Å². The molecule has 0 amide bonds. The molecule has 1 aromatic carbocycles. The Bertz CT molecular complexity index is 434. The number of benzene rings is 1. The van der Waals surface area contributed by atoms with Crippen LogP contribution in [-0.2, 0) is 12.8 Å². The lowest BCUT2D eigenvalue weighted by atomic mass is 9.78. The summed E-state index contributed by atoms with van der Waals surface area (Å²) < 4.78 is 11.1. The highest BCUT2D eigenvalue weighted by molar-refractivity contribution is 5.51. The zero-order chi connectivity index (χ0) is 13.2. The van der Waals surface area contributed by atoms with Crippen LogP contribution in [0.15, 0.2) is 12.1 Å². The zero-order valence-electron chi connectivity index (χ0n) is 11.2. The maximum absolute atomic E-state index is 6.30. The Hall–Kier alpha value is -1.26. The van der Waals surface area contributed by atoms with Gasteiger partial charge in [0, 0.05) is 23.2 Å². The van der Waals surface area contributed by atoms with Gasteiger partial charge in [0.1, 0.15) is 11.5 Å². The van der Waals surface area contributed by atoms with Crippen molar-refractivity contribution in [2.75, 3.05) is 20.3 Å². The van der Waals surface area contributed by atoms with Crippen LogP contribution < -0.4 is 20.9 Å². The van der Waals surface area contributed by atoms with Crippen LogP contribution in [-0.4, -0.2) is 25.8 Å². The van der Waals surface area contributed by atoms with E-state index in [1.54, 1.807) is 7.11 Å². The SMILES string of the molecule is CCOc1ccc(OC)c2c1CCC(N)(CN)C2. The van der Waals surface area contributed by atoms with Gasteiger partial charge >= 0.3 is 0 Å². The molecule has 0 aromatic heterocycles. The molecule has 0 bridgehead atoms. The molecule has 0 saturated heterocycles. The third-order valence-electron chi connectivity index (χ3n) is 3.67. The monoisotopic (exact) mass is 250 g/mol. The Morgan fingerprint density at radius 2 is 2.00 bits per heavy atom. The molecule has 4 nitrogen and oxygen atoms in total. The fraction of sp³-hybridized carbons (Fsp3) is 0.571. The molecular formula is C14H22N2O2. The van der Waals surface area contributed by atoms with E-state index in [0.29, 0.717) is 13.2 Å². The van der Waals surface area contributed by atoms with Gasteiger partial charge in [-0.3, -0.25) is 0 Å². The van der Waals surface area contributed by atoms with Crippen LogP contribution >= 0.6 is 0 Å². The highest BCUT2D eigenvalue weighted by Gasteiger charge is 2.32. The first-order chi connectivity index (χ1) is 8.63. The second-order valence-corrected chi connectivity index (χ2v) is 4.90. The summed E-state index contributed by atoms with van der Waals surface area (Å²) in [5.41, 5.74) is 14.2. The second kappa shape index (κ2) is 5.16. The van der Waals surface area contributed by atoms with Gasteiger partial charge in [0.05, 0.1) is 13.7 Å². The Labute approximate surface area is 108 Å². The molecule has 0 fully saturated rings. The van der Waals surface area contributed by atoms with E-state index in [2.05, 4.69) is 0 Å². The highest BCUT2D eigenvalue weighted by Crippen LogP contribution is 2.38. The van der Waals surface area contributed by atoms with E-state index in [0.717, 1.165) is 36.3 Å². The first kappa shape index (κ1) is 13.2. The number of methoxy groups -OCH3 is 1. The predicted octanol–water partition coefficient (Wildman–Crippen LogP) is 1.24. The summed E-state index contributed by atoms with van der Waals surface area (Å²) in [6.07, 6.45) is 2.54. The van der Waals surface area contributed by atoms with Crippen molar-refractivity contribution < 1.29 is 9.47 Å². The maximum Gasteiger partial charge on any atom is 0.123 e. The maximum atomic E-state index is 6.30. The third kappa shape index (κ3) is 2.31. The summed E-state index contributed by atoms with van der Waals surface area (Å²) in [5, 5.41) is 0. The van der Waals surface area contributed by atoms with Crippen LogP contribution in [0.3, 0.4) is 0 Å². The van der Waals surface area contributed by atoms with Crippen molar-refractivity contribution in [2.45, 2.75) is 31.7 Å². The molecule has 1 aliphatic rings. The van der Waals surface area contributed by atoms with E-state index < -0.39 is 0 Å². The van der Waals surface area contributed by atoms with E-state index in [9.17, 15) is 0 Å². The van der Waals surface area contributed by atoms with Gasteiger partial charge in [0.15, 0.2) is 0 Å². The third-order valence-corrected chi connectivity index (χ3v) is 3.67. The molecule has 18 heavy (non-hydrogen) atoms. The average molecular weight is 250 g/mol.